The van der Waals surface area contributed by atoms with E-state index in [-0.39, 0.29) is 11.6 Å². The van der Waals surface area contributed by atoms with Crippen LogP contribution in [0.2, 0.25) is 0 Å². The maximum Gasteiger partial charge on any atom is 0.0865 e. The smallest absolute Gasteiger partial charge is 0.0865 e. The normalized spacial score (nSPS) is 25.5. The fourth-order valence-electron chi connectivity index (χ4n) is 2.74. The van der Waals surface area contributed by atoms with Crippen LogP contribution < -0.4 is 5.32 Å². The molecule has 0 bridgehead atoms. The van der Waals surface area contributed by atoms with E-state index in [0.717, 1.165) is 44.7 Å². The van der Waals surface area contributed by atoms with Gasteiger partial charge < -0.3 is 10.1 Å². The minimum absolute atomic E-state index is 0.136. The number of nitrogens with one attached hydrogen (secondary N) is 1. The molecule has 18 heavy (non-hydrogen) atoms. The van der Waals surface area contributed by atoms with Crippen LogP contribution in [0.25, 0.3) is 0 Å². The molecule has 5 heteroatoms. The summed E-state index contributed by atoms with van der Waals surface area (Å²) in [6.45, 7) is 9.15. The van der Waals surface area contributed by atoms with Gasteiger partial charge in [-0.15, -0.1) is 5.10 Å². The molecule has 5 nitrogen and oxygen atoms in total. The molecule has 0 spiro atoms. The molecule has 0 amide bonds. The minimum atomic E-state index is -0.136. The highest BCUT2D eigenvalue weighted by atomic mass is 16.5. The van der Waals surface area contributed by atoms with Gasteiger partial charge in [0.25, 0.3) is 0 Å². The first-order valence-corrected chi connectivity index (χ1v) is 6.97. The number of ether oxygens (including phenoxy) is 1. The summed E-state index contributed by atoms with van der Waals surface area (Å²) in [5.74, 6) is 0. The topological polar surface area (TPSA) is 52.0 Å². The second-order valence-electron chi connectivity index (χ2n) is 5.14. The first kappa shape index (κ1) is 13.5. The third-order valence-electron chi connectivity index (χ3n) is 3.65. The van der Waals surface area contributed by atoms with Crippen molar-refractivity contribution in [2.45, 2.75) is 58.2 Å². The van der Waals surface area contributed by atoms with Gasteiger partial charge in [0.05, 0.1) is 23.5 Å². The van der Waals surface area contributed by atoms with E-state index in [1.807, 2.05) is 10.9 Å². The van der Waals surface area contributed by atoms with E-state index in [1.54, 1.807) is 0 Å². The summed E-state index contributed by atoms with van der Waals surface area (Å²) < 4.78 is 7.98. The molecule has 2 atom stereocenters. The predicted octanol–water partition coefficient (Wildman–Crippen LogP) is 1.91. The molecule has 1 aromatic heterocycles. The highest BCUT2D eigenvalue weighted by Crippen LogP contribution is 2.37. The molecule has 102 valence electrons. The Morgan fingerprint density at radius 3 is 3.00 bits per heavy atom. The van der Waals surface area contributed by atoms with Crippen molar-refractivity contribution in [2.24, 2.45) is 0 Å². The molecule has 1 aliphatic heterocycles. The van der Waals surface area contributed by atoms with Gasteiger partial charge in [-0.1, -0.05) is 19.1 Å². The maximum absolute atomic E-state index is 5.98. The lowest BCUT2D eigenvalue weighted by Gasteiger charge is -2.33. The number of nitrogens with zero attached hydrogens (tertiary/aromatic N) is 3. The molecule has 1 N–H and O–H groups in total. The van der Waals surface area contributed by atoms with Crippen LogP contribution in [0.15, 0.2) is 6.20 Å². The van der Waals surface area contributed by atoms with E-state index in [0.29, 0.717) is 0 Å². The second kappa shape index (κ2) is 5.80. The Labute approximate surface area is 109 Å². The van der Waals surface area contributed by atoms with Gasteiger partial charge in [0.1, 0.15) is 0 Å². The fourth-order valence-corrected chi connectivity index (χ4v) is 2.74. The van der Waals surface area contributed by atoms with Crippen molar-refractivity contribution < 1.29 is 4.74 Å². The third-order valence-corrected chi connectivity index (χ3v) is 3.65. The third kappa shape index (κ3) is 2.57. The van der Waals surface area contributed by atoms with E-state index in [9.17, 15) is 0 Å². The van der Waals surface area contributed by atoms with Crippen molar-refractivity contribution in [3.05, 3.63) is 11.9 Å². The summed E-state index contributed by atoms with van der Waals surface area (Å²) in [6.07, 6.45) is 5.15. The number of hydrogen-bond acceptors (Lipinski definition) is 4. The molecular weight excluding hydrogens is 228 g/mol. The van der Waals surface area contributed by atoms with Gasteiger partial charge in [0.2, 0.25) is 0 Å². The van der Waals surface area contributed by atoms with Gasteiger partial charge in [-0.2, -0.15) is 0 Å². The summed E-state index contributed by atoms with van der Waals surface area (Å²) in [5.41, 5.74) is 1.01. The van der Waals surface area contributed by atoms with Crippen molar-refractivity contribution >= 4 is 0 Å². The minimum Gasteiger partial charge on any atom is -0.373 e. The Hall–Kier alpha value is -0.940. The summed E-state index contributed by atoms with van der Waals surface area (Å²) in [7, 11) is 0. The largest absolute Gasteiger partial charge is 0.373 e. The van der Waals surface area contributed by atoms with Crippen LogP contribution in [-0.2, 0) is 11.3 Å². The molecule has 0 aromatic carbocycles. The lowest BCUT2D eigenvalue weighted by Crippen LogP contribution is -2.42. The molecule has 2 unspecified atom stereocenters. The van der Waals surface area contributed by atoms with Crippen molar-refractivity contribution in [3.8, 4) is 0 Å². The Bertz CT molecular complexity index is 371. The van der Waals surface area contributed by atoms with Crippen LogP contribution in [0.4, 0.5) is 0 Å². The van der Waals surface area contributed by atoms with Gasteiger partial charge in [-0.05, 0) is 32.7 Å². The summed E-state index contributed by atoms with van der Waals surface area (Å²) in [4.78, 5) is 0. The average Bonchev–Trinajstić information content (AvgIpc) is 2.97. The van der Waals surface area contributed by atoms with Crippen LogP contribution in [0.1, 0.15) is 51.8 Å². The quantitative estimate of drug-likeness (QED) is 0.840. The van der Waals surface area contributed by atoms with Crippen LogP contribution >= 0.6 is 0 Å². The average molecular weight is 252 g/mol. The van der Waals surface area contributed by atoms with Gasteiger partial charge >= 0.3 is 0 Å². The lowest BCUT2D eigenvalue weighted by atomic mass is 9.90. The molecule has 0 radical (unpaired) electrons. The summed E-state index contributed by atoms with van der Waals surface area (Å²) in [6, 6.07) is 0.173. The van der Waals surface area contributed by atoms with Crippen molar-refractivity contribution in [2.75, 3.05) is 13.2 Å². The number of aryl methyl sites for hydroxylation is 1. The Kier molecular flexibility index (Phi) is 4.35. The van der Waals surface area contributed by atoms with Gasteiger partial charge in [-0.3, -0.25) is 0 Å². The predicted molar refractivity (Wildman–Crippen MR) is 70.3 cm³/mol. The molecule has 0 saturated carbocycles. The van der Waals surface area contributed by atoms with Crippen molar-refractivity contribution in [1.29, 1.82) is 0 Å². The van der Waals surface area contributed by atoms with Gasteiger partial charge in [0, 0.05) is 13.2 Å². The molecular formula is C13H24N4O. The zero-order chi connectivity index (χ0) is 13.0. The molecule has 2 rings (SSSR count). The van der Waals surface area contributed by atoms with Crippen molar-refractivity contribution in [1.82, 2.24) is 20.3 Å². The zero-order valence-electron chi connectivity index (χ0n) is 11.6. The summed E-state index contributed by atoms with van der Waals surface area (Å²) >= 11 is 0. The first-order chi connectivity index (χ1) is 8.71. The molecule has 0 aliphatic carbocycles. The number of hydrogen-bond donors (Lipinski definition) is 1. The van der Waals surface area contributed by atoms with E-state index in [2.05, 4.69) is 36.4 Å². The Morgan fingerprint density at radius 2 is 2.39 bits per heavy atom. The molecule has 1 fully saturated rings. The maximum atomic E-state index is 5.98. The van der Waals surface area contributed by atoms with Crippen LogP contribution in [0, 0.1) is 0 Å². The highest BCUT2D eigenvalue weighted by molar-refractivity contribution is 5.10. The van der Waals surface area contributed by atoms with E-state index >= 15 is 0 Å². The second-order valence-corrected chi connectivity index (χ2v) is 5.14. The standard InChI is InChI=1S/C13H24N4O/c1-4-8-17-11(10-15-16-17)12(14-5-2)13(3)7-6-9-18-13/h10,12,14H,4-9H2,1-3H3. The SMILES string of the molecule is CCCn1nncc1C(NCC)C1(C)CCCO1. The zero-order valence-corrected chi connectivity index (χ0v) is 11.6. The van der Waals surface area contributed by atoms with Gasteiger partial charge in [-0.25, -0.2) is 4.68 Å². The van der Waals surface area contributed by atoms with Crippen LogP contribution in [-0.4, -0.2) is 33.7 Å². The van der Waals surface area contributed by atoms with Crippen LogP contribution in [0.3, 0.4) is 0 Å². The number of likely N-dealkylation sites (N-methyl/N-ethyl adjacent to an activating group) is 1. The van der Waals surface area contributed by atoms with Gasteiger partial charge in [0.15, 0.2) is 0 Å². The van der Waals surface area contributed by atoms with E-state index in [1.165, 1.54) is 0 Å². The molecule has 1 aliphatic rings. The van der Waals surface area contributed by atoms with Crippen LogP contribution in [0.5, 0.6) is 0 Å². The molecule has 1 saturated heterocycles. The van der Waals surface area contributed by atoms with E-state index < -0.39 is 0 Å². The fraction of sp³-hybridized carbons (Fsp3) is 0.846. The number of aromatic nitrogens is 3. The monoisotopic (exact) mass is 252 g/mol. The van der Waals surface area contributed by atoms with E-state index in [4.69, 9.17) is 4.74 Å². The molecule has 1 aromatic rings. The molecule has 2 heterocycles. The highest BCUT2D eigenvalue weighted by Gasteiger charge is 2.40. The Balaban J connectivity index is 2.25. The first-order valence-electron chi connectivity index (χ1n) is 6.97. The Morgan fingerprint density at radius 1 is 1.56 bits per heavy atom. The lowest BCUT2D eigenvalue weighted by molar-refractivity contribution is -0.0144. The summed E-state index contributed by atoms with van der Waals surface area (Å²) in [5, 5.41) is 11.8. The number of rotatable bonds is 6. The van der Waals surface area contributed by atoms with Crippen molar-refractivity contribution in [3.63, 3.8) is 0 Å².